The molecule has 0 atom stereocenters. The summed E-state index contributed by atoms with van der Waals surface area (Å²) in [6.45, 7) is 2.82. The number of rotatable bonds is 7. The maximum atomic E-state index is 13.1. The lowest BCUT2D eigenvalue weighted by molar-refractivity contribution is -0.114. The molecule has 1 amide bonds. The molecule has 3 heterocycles. The van der Waals surface area contributed by atoms with Crippen molar-refractivity contribution in [2.75, 3.05) is 17.1 Å². The molecule has 10 nitrogen and oxygen atoms in total. The number of carbonyl (C=O) groups is 2. The van der Waals surface area contributed by atoms with Gasteiger partial charge in [0.05, 0.1) is 24.1 Å². The van der Waals surface area contributed by atoms with Gasteiger partial charge in [0, 0.05) is 24.9 Å². The van der Waals surface area contributed by atoms with Crippen LogP contribution in [0.15, 0.2) is 65.1 Å². The van der Waals surface area contributed by atoms with Gasteiger partial charge in [0.15, 0.2) is 9.34 Å². The molecule has 12 heteroatoms. The number of amides is 1. The Labute approximate surface area is 211 Å². The van der Waals surface area contributed by atoms with E-state index in [9.17, 15) is 18.0 Å². The molecule has 184 valence electrons. The summed E-state index contributed by atoms with van der Waals surface area (Å²) >= 11 is 0.811. The highest BCUT2D eigenvalue weighted by Crippen LogP contribution is 2.30. The number of hydrogen-bond donors (Lipinski definition) is 2. The normalized spacial score (nSPS) is 11.1. The van der Waals surface area contributed by atoms with Gasteiger partial charge < -0.3 is 10.1 Å². The number of nitrogens with zero attached hydrogens (tertiary/aromatic N) is 3. The van der Waals surface area contributed by atoms with Gasteiger partial charge in [0.25, 0.3) is 10.0 Å². The molecule has 0 unspecified atom stereocenters. The molecule has 4 aromatic rings. The fraction of sp³-hybridized carbons (Fsp3) is 0.125. The summed E-state index contributed by atoms with van der Waals surface area (Å²) in [5, 5.41) is 2.63. The van der Waals surface area contributed by atoms with Gasteiger partial charge in [-0.05, 0) is 36.2 Å². The highest BCUT2D eigenvalue weighted by molar-refractivity contribution is 7.94. The van der Waals surface area contributed by atoms with Gasteiger partial charge in [-0.3, -0.25) is 14.5 Å². The van der Waals surface area contributed by atoms with Crippen molar-refractivity contribution in [1.82, 2.24) is 15.0 Å². The van der Waals surface area contributed by atoms with Crippen molar-refractivity contribution >= 4 is 44.2 Å². The molecule has 0 spiro atoms. The van der Waals surface area contributed by atoms with E-state index in [0.717, 1.165) is 22.5 Å². The number of anilines is 2. The van der Waals surface area contributed by atoms with Crippen molar-refractivity contribution in [1.29, 1.82) is 0 Å². The molecule has 0 saturated carbocycles. The van der Waals surface area contributed by atoms with Gasteiger partial charge in [-0.1, -0.05) is 41.7 Å². The highest BCUT2D eigenvalue weighted by Gasteiger charge is 2.24. The third-order valence-corrected chi connectivity index (χ3v) is 7.98. The first-order chi connectivity index (χ1) is 17.2. The van der Waals surface area contributed by atoms with E-state index in [1.165, 1.54) is 33.1 Å². The van der Waals surface area contributed by atoms with Crippen LogP contribution in [0.25, 0.3) is 22.4 Å². The third-order valence-electron chi connectivity index (χ3n) is 4.94. The van der Waals surface area contributed by atoms with Crippen molar-refractivity contribution in [2.45, 2.75) is 18.1 Å². The SMILES string of the molecule is COC(=O)c1cc(NS(=O)(=O)c2sc(NC(C)=O)nc2C)nc(-c2ccc(-c3cccnc3)cc2)c1. The second kappa shape index (κ2) is 10.2. The molecule has 0 aliphatic heterocycles. The minimum Gasteiger partial charge on any atom is -0.465 e. The highest BCUT2D eigenvalue weighted by atomic mass is 32.2. The number of nitrogens with one attached hydrogen (secondary N) is 2. The van der Waals surface area contributed by atoms with E-state index in [0.29, 0.717) is 11.3 Å². The zero-order valence-electron chi connectivity index (χ0n) is 19.5. The first kappa shape index (κ1) is 24.9. The largest absolute Gasteiger partial charge is 0.465 e. The van der Waals surface area contributed by atoms with E-state index in [4.69, 9.17) is 4.74 Å². The van der Waals surface area contributed by atoms with Gasteiger partial charge in [0.1, 0.15) is 5.82 Å². The number of hydrogen-bond acceptors (Lipinski definition) is 9. The molecule has 4 rings (SSSR count). The molecule has 36 heavy (non-hydrogen) atoms. The minimum atomic E-state index is -4.12. The number of carbonyl (C=O) groups excluding carboxylic acids is 2. The minimum absolute atomic E-state index is 0.0712. The van der Waals surface area contributed by atoms with Gasteiger partial charge in [-0.15, -0.1) is 0 Å². The van der Waals surface area contributed by atoms with E-state index >= 15 is 0 Å². The average molecular weight is 524 g/mol. The Balaban J connectivity index is 1.70. The summed E-state index contributed by atoms with van der Waals surface area (Å²) in [5.74, 6) is -1.08. The Morgan fingerprint density at radius 1 is 1.00 bits per heavy atom. The Hall–Kier alpha value is -4.16. The van der Waals surface area contributed by atoms with Crippen LogP contribution in [0, 0.1) is 6.92 Å². The van der Waals surface area contributed by atoms with Crippen LogP contribution in [0.3, 0.4) is 0 Å². The number of methoxy groups -OCH3 is 1. The number of aryl methyl sites for hydroxylation is 1. The molecule has 2 N–H and O–H groups in total. The number of aromatic nitrogens is 3. The van der Waals surface area contributed by atoms with Crippen molar-refractivity contribution in [2.24, 2.45) is 0 Å². The van der Waals surface area contributed by atoms with Gasteiger partial charge in [0.2, 0.25) is 5.91 Å². The van der Waals surface area contributed by atoms with Gasteiger partial charge in [-0.2, -0.15) is 0 Å². The lowest BCUT2D eigenvalue weighted by Crippen LogP contribution is -2.15. The molecule has 0 radical (unpaired) electrons. The molecule has 0 aliphatic rings. The number of ether oxygens (including phenoxy) is 1. The van der Waals surface area contributed by atoms with Gasteiger partial charge >= 0.3 is 5.97 Å². The summed E-state index contributed by atoms with van der Waals surface area (Å²) in [6, 6.07) is 14.0. The molecule has 0 aliphatic carbocycles. The summed E-state index contributed by atoms with van der Waals surface area (Å²) in [7, 11) is -2.88. The van der Waals surface area contributed by atoms with Crippen LogP contribution < -0.4 is 10.0 Å². The predicted octanol–water partition coefficient (Wildman–Crippen LogP) is 4.12. The van der Waals surface area contributed by atoms with Crippen LogP contribution >= 0.6 is 11.3 Å². The molecule has 0 bridgehead atoms. The fourth-order valence-electron chi connectivity index (χ4n) is 3.35. The van der Waals surface area contributed by atoms with E-state index in [1.54, 1.807) is 12.4 Å². The first-order valence-corrected chi connectivity index (χ1v) is 12.9. The molecule has 0 fully saturated rings. The van der Waals surface area contributed by atoms with Crippen LogP contribution in [0.4, 0.5) is 10.9 Å². The molecule has 1 aromatic carbocycles. The summed E-state index contributed by atoms with van der Waals surface area (Å²) < 4.78 is 33.4. The monoisotopic (exact) mass is 523 g/mol. The van der Waals surface area contributed by atoms with E-state index < -0.39 is 16.0 Å². The smallest absolute Gasteiger partial charge is 0.338 e. The number of esters is 1. The first-order valence-electron chi connectivity index (χ1n) is 10.6. The average Bonchev–Trinajstić information content (AvgIpc) is 3.23. The van der Waals surface area contributed by atoms with E-state index in [-0.39, 0.29) is 32.3 Å². The van der Waals surface area contributed by atoms with Crippen LogP contribution in [0.1, 0.15) is 23.0 Å². The van der Waals surface area contributed by atoms with Crippen LogP contribution in [-0.4, -0.2) is 42.4 Å². The predicted molar refractivity (Wildman–Crippen MR) is 136 cm³/mol. The number of thiazole rings is 1. The van der Waals surface area contributed by atoms with E-state index in [2.05, 4.69) is 25.0 Å². The van der Waals surface area contributed by atoms with Crippen LogP contribution in [-0.2, 0) is 19.6 Å². The molecule has 0 saturated heterocycles. The van der Waals surface area contributed by atoms with Crippen molar-refractivity contribution in [3.05, 3.63) is 72.2 Å². The summed E-state index contributed by atoms with van der Waals surface area (Å²) in [6.07, 6.45) is 3.44. The summed E-state index contributed by atoms with van der Waals surface area (Å²) in [4.78, 5) is 36.2. The topological polar surface area (TPSA) is 140 Å². The lowest BCUT2D eigenvalue weighted by atomic mass is 10.0. The Morgan fingerprint density at radius 3 is 2.36 bits per heavy atom. The zero-order chi connectivity index (χ0) is 25.9. The Morgan fingerprint density at radius 2 is 1.72 bits per heavy atom. The lowest BCUT2D eigenvalue weighted by Gasteiger charge is -2.11. The fourth-order valence-corrected chi connectivity index (χ4v) is 5.81. The number of benzene rings is 1. The molecular formula is C24H21N5O5S2. The van der Waals surface area contributed by atoms with Crippen molar-refractivity contribution < 1.29 is 22.7 Å². The van der Waals surface area contributed by atoms with Crippen molar-refractivity contribution in [3.63, 3.8) is 0 Å². The molecule has 3 aromatic heterocycles. The van der Waals surface area contributed by atoms with Crippen molar-refractivity contribution in [3.8, 4) is 22.4 Å². The maximum Gasteiger partial charge on any atom is 0.338 e. The summed E-state index contributed by atoms with van der Waals surface area (Å²) in [5.41, 5.74) is 3.24. The quantitative estimate of drug-likeness (QED) is 0.345. The van der Waals surface area contributed by atoms with Gasteiger partial charge in [-0.25, -0.2) is 23.2 Å². The Bertz CT molecular complexity index is 1540. The maximum absolute atomic E-state index is 13.1. The van der Waals surface area contributed by atoms with E-state index in [1.807, 2.05) is 36.4 Å². The number of sulfonamides is 1. The standard InChI is InChI=1S/C24H21N5O5S2/c1-14-23(35-24(26-14)27-15(2)30)36(32,33)29-21-12-19(22(31)34-3)11-20(28-21)17-8-6-16(7-9-17)18-5-4-10-25-13-18/h4-13H,1-3H3,(H,28,29)(H,26,27,30). The van der Waals surface area contributed by atoms with Crippen LogP contribution in [0.5, 0.6) is 0 Å². The second-order valence-corrected chi connectivity index (χ2v) is 10.5. The molecular weight excluding hydrogens is 502 g/mol. The third kappa shape index (κ3) is 5.56. The van der Waals surface area contributed by atoms with Crippen LogP contribution in [0.2, 0.25) is 0 Å². The zero-order valence-corrected chi connectivity index (χ0v) is 21.1. The second-order valence-electron chi connectivity index (χ2n) is 7.62. The Kier molecular flexibility index (Phi) is 7.08. The number of pyridine rings is 2.